The number of nitrogens with two attached hydrogens (primary N) is 2. The highest BCUT2D eigenvalue weighted by molar-refractivity contribution is 5.82. The lowest BCUT2D eigenvalue weighted by Gasteiger charge is -2.14. The van der Waals surface area contributed by atoms with Crippen LogP contribution in [0, 0.1) is 10.8 Å². The van der Waals surface area contributed by atoms with Crippen LogP contribution in [0.2, 0.25) is 0 Å². The Kier molecular flexibility index (Phi) is 5.12. The van der Waals surface area contributed by atoms with Crippen LogP contribution in [0.5, 0.6) is 0 Å². The minimum atomic E-state index is -1.33. The predicted molar refractivity (Wildman–Crippen MR) is 43.6 cm³/mol. The lowest BCUT2D eigenvalue weighted by atomic mass is 9.96. The number of carbonyl (C=O) groups is 1. The molecule has 0 aliphatic carbocycles. The molecule has 5 heteroatoms. The molecule has 0 fully saturated rings. The monoisotopic (exact) mass is 161 g/mol. The largest absolute Gasteiger partial charge is 0.465 e. The first kappa shape index (κ1) is 12.4. The third-order valence-corrected chi connectivity index (χ3v) is 0.808. The number of amidine groups is 1. The molecule has 11 heavy (non-hydrogen) atoms. The van der Waals surface area contributed by atoms with Gasteiger partial charge in [-0.05, 0) is 0 Å². The van der Waals surface area contributed by atoms with Gasteiger partial charge in [0, 0.05) is 5.41 Å². The number of hydrogen-bond donors (Lipinski definition) is 4. The van der Waals surface area contributed by atoms with Gasteiger partial charge in [0.2, 0.25) is 0 Å². The highest BCUT2D eigenvalue weighted by Gasteiger charge is 2.12. The van der Waals surface area contributed by atoms with Crippen LogP contribution in [0.3, 0.4) is 0 Å². The Morgan fingerprint density at radius 2 is 1.45 bits per heavy atom. The normalized spacial score (nSPS) is 9.36. The molecule has 0 saturated carbocycles. The zero-order valence-electron chi connectivity index (χ0n) is 7.01. The van der Waals surface area contributed by atoms with Gasteiger partial charge in [-0.3, -0.25) is 5.41 Å². The molecule has 0 aromatic carbocycles. The minimum Gasteiger partial charge on any atom is -0.465 e. The molecule has 0 bridgehead atoms. The number of amides is 1. The average Bonchev–Trinajstić information content (AvgIpc) is 1.59. The first-order chi connectivity index (χ1) is 4.68. The Morgan fingerprint density at radius 1 is 1.36 bits per heavy atom. The van der Waals surface area contributed by atoms with E-state index >= 15 is 0 Å². The van der Waals surface area contributed by atoms with Crippen molar-refractivity contribution in [2.24, 2.45) is 16.9 Å². The molecule has 0 saturated heterocycles. The molecule has 0 spiro atoms. The highest BCUT2D eigenvalue weighted by Crippen LogP contribution is 2.10. The van der Waals surface area contributed by atoms with Crippen LogP contribution in [-0.4, -0.2) is 17.0 Å². The Bertz CT molecular complexity index is 144. The van der Waals surface area contributed by atoms with Gasteiger partial charge in [0.05, 0.1) is 5.84 Å². The quantitative estimate of drug-likeness (QED) is 0.308. The van der Waals surface area contributed by atoms with Gasteiger partial charge in [-0.1, -0.05) is 20.8 Å². The number of primary amides is 1. The molecule has 0 aromatic heterocycles. The summed E-state index contributed by atoms with van der Waals surface area (Å²) in [5.74, 6) is 0.243. The maximum Gasteiger partial charge on any atom is 0.402 e. The van der Waals surface area contributed by atoms with Crippen molar-refractivity contribution in [3.63, 3.8) is 0 Å². The lowest BCUT2D eigenvalue weighted by Crippen LogP contribution is -2.27. The van der Waals surface area contributed by atoms with Gasteiger partial charge in [-0.2, -0.15) is 0 Å². The summed E-state index contributed by atoms with van der Waals surface area (Å²) in [5, 5.41) is 14.1. The zero-order valence-corrected chi connectivity index (χ0v) is 7.01. The molecule has 66 valence electrons. The van der Waals surface area contributed by atoms with Gasteiger partial charge in [-0.15, -0.1) is 0 Å². The van der Waals surface area contributed by atoms with Crippen LogP contribution >= 0.6 is 0 Å². The Labute approximate surface area is 65.9 Å². The van der Waals surface area contributed by atoms with Gasteiger partial charge in [0.25, 0.3) is 0 Å². The van der Waals surface area contributed by atoms with Crippen molar-refractivity contribution in [3.05, 3.63) is 0 Å². The lowest BCUT2D eigenvalue weighted by molar-refractivity contribution is 0.205. The smallest absolute Gasteiger partial charge is 0.402 e. The van der Waals surface area contributed by atoms with Crippen molar-refractivity contribution < 1.29 is 9.90 Å². The third kappa shape index (κ3) is 17.7. The average molecular weight is 161 g/mol. The number of rotatable bonds is 0. The molecule has 5 nitrogen and oxygen atoms in total. The molecule has 0 aliphatic rings. The first-order valence-corrected chi connectivity index (χ1v) is 3.01. The topological polar surface area (TPSA) is 113 Å². The summed E-state index contributed by atoms with van der Waals surface area (Å²) in [6.07, 6.45) is -1.33. The summed E-state index contributed by atoms with van der Waals surface area (Å²) in [6, 6.07) is 0. The molecule has 0 rings (SSSR count). The van der Waals surface area contributed by atoms with E-state index in [1.165, 1.54) is 0 Å². The summed E-state index contributed by atoms with van der Waals surface area (Å²) in [7, 11) is 0. The summed E-state index contributed by atoms with van der Waals surface area (Å²) in [4.78, 5) is 8.78. The predicted octanol–water partition coefficient (Wildman–Crippen LogP) is 0.592. The number of nitrogens with one attached hydrogen (secondary N) is 1. The molecular formula is C6H15N3O2. The van der Waals surface area contributed by atoms with E-state index in [4.69, 9.17) is 21.0 Å². The first-order valence-electron chi connectivity index (χ1n) is 3.01. The maximum atomic E-state index is 8.78. The number of hydrogen-bond acceptors (Lipinski definition) is 2. The van der Waals surface area contributed by atoms with E-state index in [9.17, 15) is 0 Å². The molecule has 0 heterocycles. The van der Waals surface area contributed by atoms with E-state index in [0.717, 1.165) is 0 Å². The summed E-state index contributed by atoms with van der Waals surface area (Å²) in [5.41, 5.74) is 9.04. The van der Waals surface area contributed by atoms with Gasteiger partial charge >= 0.3 is 6.09 Å². The summed E-state index contributed by atoms with van der Waals surface area (Å²) < 4.78 is 0. The van der Waals surface area contributed by atoms with Crippen molar-refractivity contribution in [2.45, 2.75) is 20.8 Å². The maximum absolute atomic E-state index is 8.78. The van der Waals surface area contributed by atoms with Crippen LogP contribution < -0.4 is 11.5 Å². The molecule has 1 amide bonds. The van der Waals surface area contributed by atoms with Gasteiger partial charge in [-0.25, -0.2) is 4.79 Å². The van der Waals surface area contributed by atoms with Gasteiger partial charge in [0.1, 0.15) is 0 Å². The van der Waals surface area contributed by atoms with E-state index in [1.54, 1.807) is 0 Å². The third-order valence-electron chi connectivity index (χ3n) is 0.808. The van der Waals surface area contributed by atoms with Crippen molar-refractivity contribution in [1.82, 2.24) is 0 Å². The minimum absolute atomic E-state index is 0.139. The van der Waals surface area contributed by atoms with Crippen LogP contribution in [0.1, 0.15) is 20.8 Å². The highest BCUT2D eigenvalue weighted by atomic mass is 16.4. The van der Waals surface area contributed by atoms with Gasteiger partial charge < -0.3 is 16.6 Å². The molecule has 0 aliphatic heterocycles. The molecular weight excluding hydrogens is 146 g/mol. The van der Waals surface area contributed by atoms with Crippen molar-refractivity contribution in [1.29, 1.82) is 5.41 Å². The van der Waals surface area contributed by atoms with Gasteiger partial charge in [0.15, 0.2) is 0 Å². The Balaban J connectivity index is 0. The standard InChI is InChI=1S/C5H12N2.CH3NO2/c1-5(2,3)4(6)7;2-1(3)4/h1-3H3,(H3,6,7);2H2,(H,3,4). The fourth-order valence-electron chi connectivity index (χ4n) is 0. The van der Waals surface area contributed by atoms with Crippen molar-refractivity contribution in [3.8, 4) is 0 Å². The van der Waals surface area contributed by atoms with E-state index in [1.807, 2.05) is 20.8 Å². The van der Waals surface area contributed by atoms with E-state index in [-0.39, 0.29) is 11.3 Å². The molecule has 6 N–H and O–H groups in total. The van der Waals surface area contributed by atoms with E-state index in [0.29, 0.717) is 0 Å². The van der Waals surface area contributed by atoms with Crippen molar-refractivity contribution >= 4 is 11.9 Å². The van der Waals surface area contributed by atoms with Crippen LogP contribution in [-0.2, 0) is 0 Å². The van der Waals surface area contributed by atoms with Crippen molar-refractivity contribution in [2.75, 3.05) is 0 Å². The zero-order chi connectivity index (χ0) is 9.65. The van der Waals surface area contributed by atoms with Crippen LogP contribution in [0.25, 0.3) is 0 Å². The molecule has 0 aromatic rings. The fraction of sp³-hybridized carbons (Fsp3) is 0.667. The SMILES string of the molecule is CC(C)(C)C(=N)N.NC(=O)O. The number of carboxylic acid groups (broad SMARTS) is 1. The fourth-order valence-corrected chi connectivity index (χ4v) is 0. The van der Waals surface area contributed by atoms with Crippen LogP contribution in [0.15, 0.2) is 0 Å². The summed E-state index contributed by atoms with van der Waals surface area (Å²) >= 11 is 0. The molecule has 0 unspecified atom stereocenters. The summed E-state index contributed by atoms with van der Waals surface area (Å²) in [6.45, 7) is 5.74. The van der Waals surface area contributed by atoms with E-state index < -0.39 is 6.09 Å². The van der Waals surface area contributed by atoms with Crippen LogP contribution in [0.4, 0.5) is 4.79 Å². The second kappa shape index (κ2) is 4.54. The second-order valence-electron chi connectivity index (χ2n) is 3.00. The van der Waals surface area contributed by atoms with E-state index in [2.05, 4.69) is 5.73 Å². The second-order valence-corrected chi connectivity index (χ2v) is 3.00. The Morgan fingerprint density at radius 3 is 1.45 bits per heavy atom. The molecule has 0 radical (unpaired) electrons. The molecule has 0 atom stereocenters. The Hall–Kier alpha value is -1.26.